The van der Waals surface area contributed by atoms with E-state index in [1.54, 1.807) is 6.07 Å². The van der Waals surface area contributed by atoms with Gasteiger partial charge in [-0.3, -0.25) is 10.1 Å². The lowest BCUT2D eigenvalue weighted by Gasteiger charge is -2.10. The number of benzene rings is 1. The van der Waals surface area contributed by atoms with E-state index in [1.807, 2.05) is 36.4 Å². The monoisotopic (exact) mass is 392 g/mol. The van der Waals surface area contributed by atoms with Gasteiger partial charge in [0.05, 0.1) is 16.6 Å². The maximum Gasteiger partial charge on any atom is 0.348 e. The van der Waals surface area contributed by atoms with Crippen LogP contribution < -0.4 is 5.32 Å². The number of nitriles is 1. The second-order valence-corrected chi connectivity index (χ2v) is 5.89. The molecule has 0 bridgehead atoms. The van der Waals surface area contributed by atoms with Gasteiger partial charge >= 0.3 is 5.69 Å². The largest absolute Gasteiger partial charge is 0.348 e. The number of para-hydroxylation sites is 1. The van der Waals surface area contributed by atoms with Crippen LogP contribution in [0.3, 0.4) is 0 Å². The minimum atomic E-state index is -0.703. The molecule has 0 saturated heterocycles. The Labute approximate surface area is 162 Å². The van der Waals surface area contributed by atoms with Gasteiger partial charge < -0.3 is 5.32 Å². The van der Waals surface area contributed by atoms with Crippen molar-refractivity contribution in [3.05, 3.63) is 69.8 Å². The molecule has 1 aromatic carbocycles. The molecule has 0 saturated carbocycles. The molecule has 4 rings (SSSR count). The number of hydrogen-bond acceptors (Lipinski definition) is 8. The molecule has 11 heteroatoms. The molecule has 4 aromatic rings. The summed E-state index contributed by atoms with van der Waals surface area (Å²) in [4.78, 5) is 22.7. The van der Waals surface area contributed by atoms with Gasteiger partial charge in [0.25, 0.3) is 0 Å². The summed E-state index contributed by atoms with van der Waals surface area (Å²) in [5.41, 5.74) is 0.377. The Morgan fingerprint density at radius 2 is 2.04 bits per heavy atom. The predicted molar refractivity (Wildman–Crippen MR) is 101 cm³/mol. The molecule has 0 aliphatic carbocycles. The van der Waals surface area contributed by atoms with Crippen LogP contribution in [0.15, 0.2) is 48.9 Å². The van der Waals surface area contributed by atoms with E-state index in [0.717, 1.165) is 17.2 Å². The first kappa shape index (κ1) is 17.3. The summed E-state index contributed by atoms with van der Waals surface area (Å²) in [5.74, 6) is 0.428. The van der Waals surface area contributed by atoms with Gasteiger partial charge in [0.15, 0.2) is 11.6 Å². The van der Waals surface area contributed by atoms with E-state index in [-0.39, 0.29) is 22.4 Å². The van der Waals surface area contributed by atoms with Crippen molar-refractivity contribution in [2.75, 3.05) is 5.32 Å². The maximum atomic E-state index is 11.3. The van der Waals surface area contributed by atoms with E-state index >= 15 is 0 Å². The van der Waals surface area contributed by atoms with Crippen molar-refractivity contribution in [3.63, 3.8) is 0 Å². The Hall–Kier alpha value is -4.10. The Balaban J connectivity index is 1.85. The number of aromatic nitrogens is 5. The molecule has 28 heavy (non-hydrogen) atoms. The number of fused-ring (bicyclic) bond motifs is 1. The molecule has 0 atom stereocenters. The van der Waals surface area contributed by atoms with Gasteiger partial charge in [-0.25, -0.2) is 15.0 Å². The normalized spacial score (nSPS) is 10.6. The first-order chi connectivity index (χ1) is 13.6. The van der Waals surface area contributed by atoms with E-state index in [2.05, 4.69) is 25.4 Å². The predicted octanol–water partition coefficient (Wildman–Crippen LogP) is 3.39. The van der Waals surface area contributed by atoms with Crippen LogP contribution in [0, 0.1) is 21.4 Å². The third-order valence-corrected chi connectivity index (χ3v) is 4.16. The van der Waals surface area contributed by atoms with Crippen molar-refractivity contribution in [2.24, 2.45) is 0 Å². The SMILES string of the molecule is N#Cc1cnn(-c2ccc3ccccc3n2)c1Nc1ncnc(Cl)c1[N+](=O)[O-]. The highest BCUT2D eigenvalue weighted by Gasteiger charge is 2.24. The molecule has 136 valence electrons. The Bertz CT molecular complexity index is 1260. The fourth-order valence-corrected chi connectivity index (χ4v) is 2.82. The summed E-state index contributed by atoms with van der Waals surface area (Å²) >= 11 is 5.83. The molecule has 3 heterocycles. The van der Waals surface area contributed by atoms with Gasteiger partial charge in [0.2, 0.25) is 11.0 Å². The summed E-state index contributed by atoms with van der Waals surface area (Å²) in [6.45, 7) is 0. The zero-order chi connectivity index (χ0) is 19.7. The number of hydrogen-bond donors (Lipinski definition) is 1. The van der Waals surface area contributed by atoms with Crippen LogP contribution in [-0.2, 0) is 0 Å². The molecule has 0 radical (unpaired) electrons. The molecular weight excluding hydrogens is 384 g/mol. The minimum Gasteiger partial charge on any atom is -0.318 e. The average Bonchev–Trinajstić information content (AvgIpc) is 3.10. The zero-order valence-electron chi connectivity index (χ0n) is 13.9. The molecule has 1 N–H and O–H groups in total. The standard InChI is InChI=1S/C17H9ClN8O2/c18-15-14(26(27)28)16(21-9-20-15)24-17-11(7-19)8-22-25(17)13-6-5-10-3-1-2-4-12(10)23-13/h1-6,8-9H,(H,20,21,24). The van der Waals surface area contributed by atoms with Crippen LogP contribution in [0.1, 0.15) is 5.56 Å². The third kappa shape index (κ3) is 2.95. The fourth-order valence-electron chi connectivity index (χ4n) is 2.62. The van der Waals surface area contributed by atoms with Crippen LogP contribution in [-0.4, -0.2) is 29.7 Å². The van der Waals surface area contributed by atoms with Crippen LogP contribution in [0.5, 0.6) is 0 Å². The highest BCUT2D eigenvalue weighted by atomic mass is 35.5. The summed E-state index contributed by atoms with van der Waals surface area (Å²) in [6.07, 6.45) is 2.41. The number of nitrogens with one attached hydrogen (secondary N) is 1. The molecule has 0 unspecified atom stereocenters. The van der Waals surface area contributed by atoms with Crippen LogP contribution in [0.2, 0.25) is 5.15 Å². The van der Waals surface area contributed by atoms with Crippen LogP contribution in [0.4, 0.5) is 17.3 Å². The molecule has 0 spiro atoms. The van der Waals surface area contributed by atoms with E-state index in [0.29, 0.717) is 5.82 Å². The number of anilines is 2. The lowest BCUT2D eigenvalue weighted by Crippen LogP contribution is -2.08. The molecule has 0 aliphatic rings. The summed E-state index contributed by atoms with van der Waals surface area (Å²) in [5, 5.41) is 28.3. The smallest absolute Gasteiger partial charge is 0.318 e. The molecule has 0 fully saturated rings. The maximum absolute atomic E-state index is 11.3. The van der Waals surface area contributed by atoms with Crippen molar-refractivity contribution in [3.8, 4) is 11.9 Å². The zero-order valence-corrected chi connectivity index (χ0v) is 14.7. The lowest BCUT2D eigenvalue weighted by atomic mass is 10.2. The van der Waals surface area contributed by atoms with Crippen molar-refractivity contribution in [1.29, 1.82) is 5.26 Å². The van der Waals surface area contributed by atoms with Gasteiger partial charge in [0, 0.05) is 5.39 Å². The molecular formula is C17H9ClN8O2. The summed E-state index contributed by atoms with van der Waals surface area (Å²) in [7, 11) is 0. The van der Waals surface area contributed by atoms with Crippen molar-refractivity contribution < 1.29 is 4.92 Å². The highest BCUT2D eigenvalue weighted by Crippen LogP contribution is 2.32. The van der Waals surface area contributed by atoms with E-state index in [4.69, 9.17) is 11.6 Å². The van der Waals surface area contributed by atoms with E-state index in [9.17, 15) is 15.4 Å². The van der Waals surface area contributed by atoms with Crippen molar-refractivity contribution >= 4 is 39.8 Å². The van der Waals surface area contributed by atoms with Crippen LogP contribution in [0.25, 0.3) is 16.7 Å². The van der Waals surface area contributed by atoms with Gasteiger partial charge in [0.1, 0.15) is 18.0 Å². The molecule has 0 aliphatic heterocycles. The number of nitro groups is 1. The average molecular weight is 393 g/mol. The third-order valence-electron chi connectivity index (χ3n) is 3.89. The molecule has 0 amide bonds. The van der Waals surface area contributed by atoms with E-state index in [1.165, 1.54) is 10.9 Å². The fraction of sp³-hybridized carbons (Fsp3) is 0. The van der Waals surface area contributed by atoms with Crippen molar-refractivity contribution in [2.45, 2.75) is 0 Å². The Morgan fingerprint density at radius 3 is 2.82 bits per heavy atom. The van der Waals surface area contributed by atoms with Gasteiger partial charge in [-0.15, -0.1) is 0 Å². The topological polar surface area (TPSA) is 135 Å². The second kappa shape index (κ2) is 6.90. The minimum absolute atomic E-state index is 0.152. The Morgan fingerprint density at radius 1 is 1.21 bits per heavy atom. The van der Waals surface area contributed by atoms with Crippen molar-refractivity contribution in [1.82, 2.24) is 24.7 Å². The highest BCUT2D eigenvalue weighted by molar-refractivity contribution is 6.31. The number of rotatable bonds is 4. The summed E-state index contributed by atoms with van der Waals surface area (Å²) < 4.78 is 1.37. The summed E-state index contributed by atoms with van der Waals surface area (Å²) in [6, 6.07) is 13.1. The Kier molecular flexibility index (Phi) is 4.27. The first-order valence-electron chi connectivity index (χ1n) is 7.84. The van der Waals surface area contributed by atoms with Gasteiger partial charge in [-0.2, -0.15) is 15.0 Å². The number of pyridine rings is 1. The molecule has 10 nitrogen and oxygen atoms in total. The van der Waals surface area contributed by atoms with Crippen LogP contribution >= 0.6 is 11.6 Å². The van der Waals surface area contributed by atoms with E-state index < -0.39 is 10.6 Å². The number of nitrogens with zero attached hydrogens (tertiary/aromatic N) is 7. The lowest BCUT2D eigenvalue weighted by molar-refractivity contribution is -0.384. The van der Waals surface area contributed by atoms with Gasteiger partial charge in [-0.1, -0.05) is 29.8 Å². The van der Waals surface area contributed by atoms with Gasteiger partial charge in [-0.05, 0) is 18.2 Å². The number of halogens is 1. The molecule has 3 aromatic heterocycles. The first-order valence-corrected chi connectivity index (χ1v) is 8.22. The quantitative estimate of drug-likeness (QED) is 0.317. The second-order valence-electron chi connectivity index (χ2n) is 5.54.